The van der Waals surface area contributed by atoms with Gasteiger partial charge in [0.1, 0.15) is 23.7 Å². The molecule has 2 aliphatic rings. The van der Waals surface area contributed by atoms with Gasteiger partial charge >= 0.3 is 0 Å². The van der Waals surface area contributed by atoms with Crippen molar-refractivity contribution in [1.29, 1.82) is 0 Å². The molecule has 0 spiro atoms. The van der Waals surface area contributed by atoms with Gasteiger partial charge in [0, 0.05) is 7.05 Å². The van der Waals surface area contributed by atoms with Gasteiger partial charge in [-0.2, -0.15) is 0 Å². The van der Waals surface area contributed by atoms with E-state index in [4.69, 9.17) is 18.9 Å². The molecule has 2 aromatic carbocycles. The molecular formula is C27H27N5O4. The molecule has 0 amide bonds. The Morgan fingerprint density at radius 1 is 1.00 bits per heavy atom. The monoisotopic (exact) mass is 485 g/mol. The zero-order valence-corrected chi connectivity index (χ0v) is 19.9. The van der Waals surface area contributed by atoms with Crippen molar-refractivity contribution in [3.8, 4) is 0 Å². The lowest BCUT2D eigenvalue weighted by molar-refractivity contribution is -0.164. The van der Waals surface area contributed by atoms with Crippen LogP contribution in [0.2, 0.25) is 0 Å². The number of nitrogens with zero attached hydrogens (tertiary/aromatic N) is 4. The number of imidazole rings is 1. The molecule has 2 saturated heterocycles. The molecule has 4 atom stereocenters. The quantitative estimate of drug-likeness (QED) is 0.382. The number of aromatic nitrogens is 4. The number of benzene rings is 2. The van der Waals surface area contributed by atoms with Gasteiger partial charge in [0.25, 0.3) is 0 Å². The van der Waals surface area contributed by atoms with Gasteiger partial charge in [0.15, 0.2) is 29.4 Å². The fraction of sp³-hybridized carbons (Fsp3) is 0.296. The highest BCUT2D eigenvalue weighted by Crippen LogP contribution is 2.52. The van der Waals surface area contributed by atoms with E-state index in [0.717, 1.165) is 11.1 Å². The van der Waals surface area contributed by atoms with Crippen molar-refractivity contribution in [2.24, 2.45) is 0 Å². The van der Waals surface area contributed by atoms with E-state index in [1.165, 1.54) is 6.33 Å². The Balaban J connectivity index is 1.31. The zero-order chi connectivity index (χ0) is 24.5. The summed E-state index contributed by atoms with van der Waals surface area (Å²) in [6.07, 6.45) is 1.79. The first kappa shape index (κ1) is 22.7. The molecule has 4 aromatic rings. The van der Waals surface area contributed by atoms with Crippen LogP contribution in [0.5, 0.6) is 0 Å². The minimum Gasteiger partial charge on any atom is -0.484 e. The number of ether oxygens (including phenoxy) is 4. The molecule has 2 unspecified atom stereocenters. The maximum atomic E-state index is 6.69. The normalized spacial score (nSPS) is 24.8. The number of rotatable bonds is 9. The minimum atomic E-state index is -0.978. The van der Waals surface area contributed by atoms with E-state index in [0.29, 0.717) is 36.0 Å². The average molecular weight is 486 g/mol. The first-order valence-corrected chi connectivity index (χ1v) is 11.9. The van der Waals surface area contributed by atoms with Gasteiger partial charge in [-0.25, -0.2) is 15.0 Å². The maximum absolute atomic E-state index is 6.69. The second kappa shape index (κ2) is 9.34. The molecule has 2 fully saturated rings. The van der Waals surface area contributed by atoms with Crippen LogP contribution < -0.4 is 5.32 Å². The summed E-state index contributed by atoms with van der Waals surface area (Å²) in [5, 5.41) is 3.06. The fourth-order valence-corrected chi connectivity index (χ4v) is 4.89. The summed E-state index contributed by atoms with van der Waals surface area (Å²) < 4.78 is 27.5. The molecule has 0 saturated carbocycles. The van der Waals surface area contributed by atoms with Gasteiger partial charge in [-0.15, -0.1) is 0 Å². The number of hydrogen-bond acceptors (Lipinski definition) is 8. The topological polar surface area (TPSA) is 92.5 Å². The smallest absolute Gasteiger partial charge is 0.180 e. The average Bonchev–Trinajstić information content (AvgIpc) is 3.56. The highest BCUT2D eigenvalue weighted by molar-refractivity contribution is 5.82. The van der Waals surface area contributed by atoms with Crippen LogP contribution in [0, 0.1) is 0 Å². The van der Waals surface area contributed by atoms with E-state index in [9.17, 15) is 0 Å². The lowest BCUT2D eigenvalue weighted by Gasteiger charge is -2.32. The third-order valence-electron chi connectivity index (χ3n) is 6.69. The summed E-state index contributed by atoms with van der Waals surface area (Å²) in [6.45, 7) is 5.26. The van der Waals surface area contributed by atoms with Gasteiger partial charge in [-0.1, -0.05) is 67.2 Å². The molecular weight excluding hydrogens is 458 g/mol. The molecule has 2 bridgehead atoms. The van der Waals surface area contributed by atoms with Crippen molar-refractivity contribution in [3.63, 3.8) is 0 Å². The molecule has 1 N–H and O–H groups in total. The Morgan fingerprint density at radius 3 is 2.44 bits per heavy atom. The number of anilines is 1. The second-order valence-corrected chi connectivity index (χ2v) is 8.90. The molecule has 0 aliphatic carbocycles. The van der Waals surface area contributed by atoms with Gasteiger partial charge in [0.2, 0.25) is 0 Å². The molecule has 0 radical (unpaired) electrons. The Kier molecular flexibility index (Phi) is 5.88. The SMILES string of the molecule is C=C1OC2C(OCc3ccccc3)[C@@]1(COCc1ccccc1)O[C@H]2n1cnc2c(NC)ncnc21. The number of fused-ring (bicyclic) bond motifs is 3. The van der Waals surface area contributed by atoms with Crippen LogP contribution in [-0.4, -0.2) is 51.0 Å². The van der Waals surface area contributed by atoms with Crippen molar-refractivity contribution in [3.05, 3.63) is 96.8 Å². The van der Waals surface area contributed by atoms with Crippen LogP contribution in [0.25, 0.3) is 11.2 Å². The Labute approximate surface area is 208 Å². The van der Waals surface area contributed by atoms with Crippen LogP contribution in [0.3, 0.4) is 0 Å². The Bertz CT molecular complexity index is 1360. The molecule has 2 aromatic heterocycles. The van der Waals surface area contributed by atoms with E-state index >= 15 is 0 Å². The lowest BCUT2D eigenvalue weighted by Crippen LogP contribution is -2.44. The first-order chi connectivity index (χ1) is 17.7. The third kappa shape index (κ3) is 3.81. The van der Waals surface area contributed by atoms with E-state index in [1.807, 2.05) is 65.2 Å². The summed E-state index contributed by atoms with van der Waals surface area (Å²) >= 11 is 0. The fourth-order valence-electron chi connectivity index (χ4n) is 4.89. The molecule has 9 heteroatoms. The van der Waals surface area contributed by atoms with Crippen molar-refractivity contribution in [2.75, 3.05) is 19.0 Å². The summed E-state index contributed by atoms with van der Waals surface area (Å²) in [6, 6.07) is 20.0. The van der Waals surface area contributed by atoms with Gasteiger partial charge < -0.3 is 24.3 Å². The summed E-state index contributed by atoms with van der Waals surface area (Å²) in [5.41, 5.74) is 2.45. The van der Waals surface area contributed by atoms with Crippen molar-refractivity contribution < 1.29 is 18.9 Å². The van der Waals surface area contributed by atoms with Gasteiger partial charge in [0.05, 0.1) is 26.1 Å². The van der Waals surface area contributed by atoms with Crippen molar-refractivity contribution in [1.82, 2.24) is 19.5 Å². The van der Waals surface area contributed by atoms with Crippen LogP contribution in [0.4, 0.5) is 5.82 Å². The lowest BCUT2D eigenvalue weighted by atomic mass is 9.97. The predicted molar refractivity (Wildman–Crippen MR) is 133 cm³/mol. The van der Waals surface area contributed by atoms with E-state index in [2.05, 4.69) is 26.8 Å². The minimum absolute atomic E-state index is 0.233. The van der Waals surface area contributed by atoms with Crippen LogP contribution in [-0.2, 0) is 32.2 Å². The van der Waals surface area contributed by atoms with Crippen LogP contribution in [0.15, 0.2) is 85.7 Å². The molecule has 2 aliphatic heterocycles. The standard InChI is InChI=1S/C27H27N5O4/c1-18-27(15-33-13-19-9-5-3-6-10-19)23(34-14-20-11-7-4-8-12-20)22(35-18)26(36-27)32-17-31-21-24(28-2)29-16-30-25(21)32/h3-12,16-17,22-23,26H,1,13-15H2,2H3,(H,28,29,30)/t22?,23?,26-,27+/m1/s1. The van der Waals surface area contributed by atoms with Gasteiger partial charge in [-0.3, -0.25) is 4.57 Å². The van der Waals surface area contributed by atoms with Crippen LogP contribution in [0.1, 0.15) is 17.4 Å². The van der Waals surface area contributed by atoms with Crippen molar-refractivity contribution >= 4 is 17.0 Å². The second-order valence-electron chi connectivity index (χ2n) is 8.90. The van der Waals surface area contributed by atoms with E-state index in [-0.39, 0.29) is 6.61 Å². The Morgan fingerprint density at radius 2 is 1.72 bits per heavy atom. The number of nitrogens with one attached hydrogen (secondary N) is 1. The van der Waals surface area contributed by atoms with E-state index in [1.54, 1.807) is 13.4 Å². The maximum Gasteiger partial charge on any atom is 0.180 e. The highest BCUT2D eigenvalue weighted by atomic mass is 16.7. The number of hydrogen-bond donors (Lipinski definition) is 1. The third-order valence-corrected chi connectivity index (χ3v) is 6.69. The Hall–Kier alpha value is -3.79. The van der Waals surface area contributed by atoms with E-state index < -0.39 is 24.0 Å². The van der Waals surface area contributed by atoms with Crippen molar-refractivity contribution in [2.45, 2.75) is 37.3 Å². The molecule has 6 rings (SSSR count). The molecule has 4 heterocycles. The highest BCUT2D eigenvalue weighted by Gasteiger charge is 2.66. The molecule has 9 nitrogen and oxygen atoms in total. The summed E-state index contributed by atoms with van der Waals surface area (Å²) in [7, 11) is 1.80. The molecule has 36 heavy (non-hydrogen) atoms. The molecule has 184 valence electrons. The first-order valence-electron chi connectivity index (χ1n) is 11.9. The summed E-state index contributed by atoms with van der Waals surface area (Å²) in [5.74, 6) is 1.15. The predicted octanol–water partition coefficient (Wildman–Crippen LogP) is 3.85. The van der Waals surface area contributed by atoms with Gasteiger partial charge in [-0.05, 0) is 11.1 Å². The van der Waals surface area contributed by atoms with Crippen LogP contribution >= 0.6 is 0 Å². The largest absolute Gasteiger partial charge is 0.484 e. The summed E-state index contributed by atoms with van der Waals surface area (Å²) in [4.78, 5) is 13.2. The zero-order valence-electron chi connectivity index (χ0n) is 19.9.